The third kappa shape index (κ3) is 4.57. The zero-order valence-corrected chi connectivity index (χ0v) is 15.2. The Labute approximate surface area is 148 Å². The van der Waals surface area contributed by atoms with Gasteiger partial charge in [-0.05, 0) is 38.0 Å². The van der Waals surface area contributed by atoms with E-state index in [9.17, 15) is 4.79 Å². The predicted octanol–water partition coefficient (Wildman–Crippen LogP) is 2.96. The van der Waals surface area contributed by atoms with Crippen LogP contribution < -0.4 is 0 Å². The van der Waals surface area contributed by atoms with E-state index >= 15 is 0 Å². The van der Waals surface area contributed by atoms with Gasteiger partial charge >= 0.3 is 0 Å². The number of nitrogens with zero attached hydrogens (tertiary/aromatic N) is 3. The third-order valence-corrected chi connectivity index (χ3v) is 4.57. The average molecular weight is 339 g/mol. The highest BCUT2D eigenvalue weighted by atomic mass is 16.5. The van der Waals surface area contributed by atoms with Gasteiger partial charge in [0.05, 0.1) is 12.2 Å². The minimum atomic E-state index is 0.0788. The fourth-order valence-corrected chi connectivity index (χ4v) is 3.12. The summed E-state index contributed by atoms with van der Waals surface area (Å²) in [6.07, 6.45) is 3.61. The van der Waals surface area contributed by atoms with Crippen molar-refractivity contribution in [2.24, 2.45) is 0 Å². The maximum atomic E-state index is 12.4. The summed E-state index contributed by atoms with van der Waals surface area (Å²) in [5.41, 5.74) is 4.42. The lowest BCUT2D eigenvalue weighted by Crippen LogP contribution is -2.47. The topological polar surface area (TPSA) is 49.6 Å². The van der Waals surface area contributed by atoms with Crippen LogP contribution in [0.3, 0.4) is 0 Å². The van der Waals surface area contributed by atoms with Crippen LogP contribution in [0.4, 0.5) is 0 Å². The van der Waals surface area contributed by atoms with E-state index in [1.165, 1.54) is 11.1 Å². The molecule has 3 rings (SSSR count). The van der Waals surface area contributed by atoms with Crippen LogP contribution in [-0.2, 0) is 11.3 Å². The van der Waals surface area contributed by atoms with Crippen molar-refractivity contribution >= 4 is 12.0 Å². The number of rotatable bonds is 4. The number of amides is 1. The second-order valence-electron chi connectivity index (χ2n) is 6.73. The van der Waals surface area contributed by atoms with Crippen molar-refractivity contribution in [1.29, 1.82) is 0 Å². The number of hydrogen-bond acceptors (Lipinski definition) is 4. The summed E-state index contributed by atoms with van der Waals surface area (Å²) in [6, 6.07) is 8.23. The van der Waals surface area contributed by atoms with Gasteiger partial charge in [-0.15, -0.1) is 0 Å². The van der Waals surface area contributed by atoms with Crippen LogP contribution >= 0.6 is 0 Å². The van der Waals surface area contributed by atoms with E-state index in [4.69, 9.17) is 4.52 Å². The highest BCUT2D eigenvalue weighted by Crippen LogP contribution is 2.13. The Hall–Kier alpha value is -2.40. The molecule has 1 aliphatic rings. The van der Waals surface area contributed by atoms with Crippen LogP contribution in [0.5, 0.6) is 0 Å². The van der Waals surface area contributed by atoms with E-state index in [2.05, 4.69) is 42.1 Å². The molecule has 2 aromatic rings. The first kappa shape index (κ1) is 17.4. The lowest BCUT2D eigenvalue weighted by Gasteiger charge is -2.33. The van der Waals surface area contributed by atoms with Crippen LogP contribution in [0.15, 0.2) is 34.9 Å². The summed E-state index contributed by atoms with van der Waals surface area (Å²) < 4.78 is 5.27. The molecule has 1 aliphatic heterocycles. The van der Waals surface area contributed by atoms with Crippen LogP contribution in [0.25, 0.3) is 6.08 Å². The first-order valence-electron chi connectivity index (χ1n) is 8.70. The zero-order chi connectivity index (χ0) is 17.8. The molecule has 0 bridgehead atoms. The number of piperazine rings is 1. The summed E-state index contributed by atoms with van der Waals surface area (Å²) in [4.78, 5) is 16.6. The molecule has 1 fully saturated rings. The molecule has 0 aliphatic carbocycles. The average Bonchev–Trinajstić information content (AvgIpc) is 2.99. The van der Waals surface area contributed by atoms with Crippen LogP contribution in [-0.4, -0.2) is 47.0 Å². The highest BCUT2D eigenvalue weighted by molar-refractivity contribution is 5.92. The molecule has 25 heavy (non-hydrogen) atoms. The van der Waals surface area contributed by atoms with Gasteiger partial charge in [0.1, 0.15) is 0 Å². The largest absolute Gasteiger partial charge is 0.360 e. The fourth-order valence-electron chi connectivity index (χ4n) is 3.12. The number of benzene rings is 1. The highest BCUT2D eigenvalue weighted by Gasteiger charge is 2.20. The van der Waals surface area contributed by atoms with Gasteiger partial charge in [0.15, 0.2) is 5.76 Å². The molecule has 1 saturated heterocycles. The van der Waals surface area contributed by atoms with E-state index < -0.39 is 0 Å². The number of hydrogen-bond donors (Lipinski definition) is 0. The molecule has 1 amide bonds. The molecule has 0 saturated carbocycles. The van der Waals surface area contributed by atoms with Gasteiger partial charge < -0.3 is 9.42 Å². The minimum Gasteiger partial charge on any atom is -0.360 e. The van der Waals surface area contributed by atoms with Gasteiger partial charge in [-0.25, -0.2) is 0 Å². The molecule has 5 heteroatoms. The van der Waals surface area contributed by atoms with Crippen molar-refractivity contribution in [2.75, 3.05) is 26.2 Å². The standard InChI is InChI=1S/C20H25N3O2/c1-15-4-5-18(16(2)12-15)6-7-20(24)23-10-8-22(9-11-23)14-19-13-17(3)21-25-19/h4-7,12-13H,8-11,14H2,1-3H3/b7-6+. The molecule has 0 spiro atoms. The Bertz CT molecular complexity index is 771. The normalized spacial score (nSPS) is 15.9. The van der Waals surface area contributed by atoms with Crippen molar-refractivity contribution in [3.05, 3.63) is 58.5 Å². The SMILES string of the molecule is Cc1ccc(/C=C/C(=O)N2CCN(Cc3cc(C)no3)CC2)c(C)c1. The van der Waals surface area contributed by atoms with Gasteiger partial charge in [0, 0.05) is 38.3 Å². The van der Waals surface area contributed by atoms with Crippen LogP contribution in [0, 0.1) is 20.8 Å². The summed E-state index contributed by atoms with van der Waals surface area (Å²) in [5.74, 6) is 0.960. The summed E-state index contributed by atoms with van der Waals surface area (Å²) >= 11 is 0. The quantitative estimate of drug-likeness (QED) is 0.804. The van der Waals surface area contributed by atoms with Crippen LogP contribution in [0.1, 0.15) is 28.1 Å². The fraction of sp³-hybridized carbons (Fsp3) is 0.400. The van der Waals surface area contributed by atoms with Crippen molar-refractivity contribution < 1.29 is 9.32 Å². The molecule has 2 heterocycles. The molecular weight excluding hydrogens is 314 g/mol. The summed E-state index contributed by atoms with van der Waals surface area (Å²) in [6.45, 7) is 10.00. The minimum absolute atomic E-state index is 0.0788. The zero-order valence-electron chi connectivity index (χ0n) is 15.2. The predicted molar refractivity (Wildman–Crippen MR) is 98.0 cm³/mol. The summed E-state index contributed by atoms with van der Waals surface area (Å²) in [7, 11) is 0. The molecule has 0 radical (unpaired) electrons. The van der Waals surface area contributed by atoms with E-state index in [1.54, 1.807) is 6.08 Å². The molecule has 0 unspecified atom stereocenters. The maximum absolute atomic E-state index is 12.4. The smallest absolute Gasteiger partial charge is 0.246 e. The maximum Gasteiger partial charge on any atom is 0.246 e. The Balaban J connectivity index is 1.52. The second-order valence-corrected chi connectivity index (χ2v) is 6.73. The first-order chi connectivity index (χ1) is 12.0. The van der Waals surface area contributed by atoms with Crippen LogP contribution in [0.2, 0.25) is 0 Å². The Kier molecular flexibility index (Phi) is 5.34. The molecule has 1 aromatic carbocycles. The number of carbonyl (C=O) groups excluding carboxylic acids is 1. The van der Waals surface area contributed by atoms with E-state index in [0.29, 0.717) is 0 Å². The second kappa shape index (κ2) is 7.66. The third-order valence-electron chi connectivity index (χ3n) is 4.57. The van der Waals surface area contributed by atoms with Crippen molar-refractivity contribution in [3.8, 4) is 0 Å². The summed E-state index contributed by atoms with van der Waals surface area (Å²) in [5, 5.41) is 3.92. The number of carbonyl (C=O) groups is 1. The monoisotopic (exact) mass is 339 g/mol. The van der Waals surface area contributed by atoms with E-state index in [-0.39, 0.29) is 5.91 Å². The van der Waals surface area contributed by atoms with Gasteiger partial charge in [-0.1, -0.05) is 28.9 Å². The molecule has 5 nitrogen and oxygen atoms in total. The Morgan fingerprint density at radius 2 is 1.92 bits per heavy atom. The molecule has 0 atom stereocenters. The molecular formula is C20H25N3O2. The molecule has 0 N–H and O–H groups in total. The Morgan fingerprint density at radius 1 is 1.16 bits per heavy atom. The van der Waals surface area contributed by atoms with Gasteiger partial charge in [-0.2, -0.15) is 0 Å². The number of aryl methyl sites for hydroxylation is 3. The lowest BCUT2D eigenvalue weighted by molar-refractivity contribution is -0.127. The van der Waals surface area contributed by atoms with Crippen molar-refractivity contribution in [3.63, 3.8) is 0 Å². The Morgan fingerprint density at radius 3 is 2.56 bits per heavy atom. The van der Waals surface area contributed by atoms with E-state index in [0.717, 1.165) is 49.7 Å². The van der Waals surface area contributed by atoms with E-state index in [1.807, 2.05) is 24.0 Å². The van der Waals surface area contributed by atoms with Crippen molar-refractivity contribution in [1.82, 2.24) is 15.0 Å². The van der Waals surface area contributed by atoms with Gasteiger partial charge in [0.2, 0.25) is 5.91 Å². The molecule has 1 aromatic heterocycles. The van der Waals surface area contributed by atoms with Crippen molar-refractivity contribution in [2.45, 2.75) is 27.3 Å². The first-order valence-corrected chi connectivity index (χ1v) is 8.70. The van der Waals surface area contributed by atoms with Gasteiger partial charge in [-0.3, -0.25) is 9.69 Å². The number of aromatic nitrogens is 1. The van der Waals surface area contributed by atoms with Gasteiger partial charge in [0.25, 0.3) is 0 Å². The lowest BCUT2D eigenvalue weighted by atomic mass is 10.1. The molecule has 132 valence electrons.